The number of hydrogen-bond acceptors (Lipinski definition) is 6. The van der Waals surface area contributed by atoms with E-state index in [9.17, 15) is 23.2 Å². The molecule has 46 heavy (non-hydrogen) atoms. The summed E-state index contributed by atoms with van der Waals surface area (Å²) in [5.74, 6) is -1.30. The predicted octanol–water partition coefficient (Wildman–Crippen LogP) is 5.14. The molecule has 2 fully saturated rings. The van der Waals surface area contributed by atoms with E-state index in [2.05, 4.69) is 18.7 Å². The fourth-order valence-corrected chi connectivity index (χ4v) is 6.89. The summed E-state index contributed by atoms with van der Waals surface area (Å²) in [6.07, 6.45) is 1.96. The van der Waals surface area contributed by atoms with Gasteiger partial charge in [0, 0.05) is 75.3 Å². The number of ether oxygens (including phenoxy) is 1. The van der Waals surface area contributed by atoms with E-state index in [4.69, 9.17) is 9.72 Å². The van der Waals surface area contributed by atoms with Crippen LogP contribution in [-0.4, -0.2) is 94.5 Å². The molecule has 4 heterocycles. The highest BCUT2D eigenvalue weighted by molar-refractivity contribution is 5.97. The summed E-state index contributed by atoms with van der Waals surface area (Å²) in [5.41, 5.74) is 1.33. The van der Waals surface area contributed by atoms with E-state index in [1.54, 1.807) is 16.0 Å². The number of nitrogens with zero attached hydrogens (tertiary/aromatic N) is 5. The molecule has 0 unspecified atom stereocenters. The van der Waals surface area contributed by atoms with Gasteiger partial charge >= 0.3 is 6.09 Å². The van der Waals surface area contributed by atoms with Gasteiger partial charge < -0.3 is 19.4 Å². The maximum Gasteiger partial charge on any atom is 0.410 e. The Labute approximate surface area is 270 Å². The smallest absolute Gasteiger partial charge is 0.410 e. The normalized spacial score (nSPS) is 22.7. The van der Waals surface area contributed by atoms with Gasteiger partial charge in [0.25, 0.3) is 0 Å². The Kier molecular flexibility index (Phi) is 8.96. The quantitative estimate of drug-likeness (QED) is 0.435. The van der Waals surface area contributed by atoms with Gasteiger partial charge in [0.2, 0.25) is 11.8 Å². The van der Waals surface area contributed by atoms with Gasteiger partial charge in [-0.05, 0) is 56.4 Å². The average Bonchev–Trinajstić information content (AvgIpc) is 3.35. The first-order valence-electron chi connectivity index (χ1n) is 16.1. The summed E-state index contributed by atoms with van der Waals surface area (Å²) < 4.78 is 33.6. The van der Waals surface area contributed by atoms with Gasteiger partial charge in [-0.25, -0.2) is 13.6 Å². The van der Waals surface area contributed by atoms with Crippen molar-refractivity contribution < 1.29 is 27.9 Å². The van der Waals surface area contributed by atoms with Crippen LogP contribution in [0.25, 0.3) is 0 Å². The van der Waals surface area contributed by atoms with Gasteiger partial charge in [0.05, 0.1) is 17.9 Å². The van der Waals surface area contributed by atoms with E-state index >= 15 is 0 Å². The molecule has 1 aromatic heterocycles. The largest absolute Gasteiger partial charge is 0.444 e. The number of rotatable bonds is 6. The molecular weight excluding hydrogens is 592 g/mol. The van der Waals surface area contributed by atoms with E-state index < -0.39 is 28.7 Å². The zero-order valence-electron chi connectivity index (χ0n) is 28.3. The number of fused-ring (bicyclic) bond motifs is 1. The van der Waals surface area contributed by atoms with Crippen LogP contribution in [0, 0.1) is 17.0 Å². The molecule has 0 saturated carbocycles. The van der Waals surface area contributed by atoms with Crippen LogP contribution >= 0.6 is 0 Å². The van der Waals surface area contributed by atoms with Crippen molar-refractivity contribution in [2.75, 3.05) is 44.2 Å². The number of aromatic nitrogens is 1. The molecule has 5 rings (SSSR count). The molecule has 2 atom stereocenters. The summed E-state index contributed by atoms with van der Waals surface area (Å²) in [4.78, 5) is 52.4. The van der Waals surface area contributed by atoms with Crippen LogP contribution in [-0.2, 0) is 26.2 Å². The zero-order valence-corrected chi connectivity index (χ0v) is 28.3. The van der Waals surface area contributed by atoms with Gasteiger partial charge in [-0.1, -0.05) is 33.8 Å². The molecule has 3 aliphatic rings. The second-order valence-corrected chi connectivity index (χ2v) is 15.7. The molecule has 2 aromatic rings. The van der Waals surface area contributed by atoms with Crippen LogP contribution in [0.15, 0.2) is 30.5 Å². The van der Waals surface area contributed by atoms with E-state index in [1.807, 2.05) is 52.5 Å². The Morgan fingerprint density at radius 1 is 1.07 bits per heavy atom. The van der Waals surface area contributed by atoms with E-state index in [1.165, 1.54) is 12.1 Å². The molecule has 9 nitrogen and oxygen atoms in total. The molecule has 2 saturated heterocycles. The van der Waals surface area contributed by atoms with Crippen molar-refractivity contribution >= 4 is 23.6 Å². The standard InChI is InChI=1S/C35H47F2N5O4/c1-22-16-39(26(17-40-20-34(5,6)14-29(40)43)18-41(22)32(45)46-33(2,3)4)19-30(44)42-21-35(7,8)31-28(42)12-23(15-38-31)11-24-9-10-25(36)13-27(24)37/h9-10,12-13,15,22,26H,11,14,16-21H2,1-8H3/t22-,26+/m1/s1. The van der Waals surface area contributed by atoms with Crippen LogP contribution in [0.4, 0.5) is 19.3 Å². The second kappa shape index (κ2) is 12.2. The highest BCUT2D eigenvalue weighted by atomic mass is 19.1. The molecule has 3 aliphatic heterocycles. The molecule has 0 spiro atoms. The minimum Gasteiger partial charge on any atom is -0.444 e. The SMILES string of the molecule is C[C@@H]1CN(CC(=O)N2CC(C)(C)c3ncc(Cc4ccc(F)cc4F)cc32)[C@@H](CN2CC(C)(C)CC2=O)CN1C(=O)OC(C)(C)C. The number of likely N-dealkylation sites (tertiary alicyclic amines) is 1. The Morgan fingerprint density at radius 2 is 1.78 bits per heavy atom. The number of piperazine rings is 1. The highest BCUT2D eigenvalue weighted by Gasteiger charge is 2.44. The lowest BCUT2D eigenvalue weighted by molar-refractivity contribution is -0.129. The number of pyridine rings is 1. The number of anilines is 1. The van der Waals surface area contributed by atoms with Crippen LogP contribution in [0.1, 0.15) is 78.6 Å². The number of carbonyl (C=O) groups is 3. The number of halogens is 2. The summed E-state index contributed by atoms with van der Waals surface area (Å²) >= 11 is 0. The average molecular weight is 640 g/mol. The molecule has 0 N–H and O–H groups in total. The first-order valence-corrected chi connectivity index (χ1v) is 16.1. The van der Waals surface area contributed by atoms with E-state index in [0.29, 0.717) is 56.0 Å². The van der Waals surface area contributed by atoms with Crippen molar-refractivity contribution in [1.29, 1.82) is 0 Å². The van der Waals surface area contributed by atoms with Gasteiger partial charge in [-0.15, -0.1) is 0 Å². The number of benzene rings is 1. The zero-order chi connectivity index (χ0) is 33.8. The maximum atomic E-state index is 14.5. The Morgan fingerprint density at radius 3 is 2.41 bits per heavy atom. The summed E-state index contributed by atoms with van der Waals surface area (Å²) in [7, 11) is 0. The third kappa shape index (κ3) is 7.35. The Balaban J connectivity index is 1.38. The molecule has 250 valence electrons. The van der Waals surface area contributed by atoms with Crippen LogP contribution in [0.2, 0.25) is 0 Å². The predicted molar refractivity (Wildman–Crippen MR) is 172 cm³/mol. The van der Waals surface area contributed by atoms with Crippen LogP contribution in [0.5, 0.6) is 0 Å². The maximum absolute atomic E-state index is 14.5. The van der Waals surface area contributed by atoms with Crippen molar-refractivity contribution in [2.45, 2.75) is 91.3 Å². The van der Waals surface area contributed by atoms with Gasteiger partial charge in [0.15, 0.2) is 0 Å². The first-order chi connectivity index (χ1) is 21.3. The summed E-state index contributed by atoms with van der Waals surface area (Å²) in [6.45, 7) is 18.0. The summed E-state index contributed by atoms with van der Waals surface area (Å²) in [6, 6.07) is 4.91. The fourth-order valence-electron chi connectivity index (χ4n) is 6.89. The molecule has 0 aliphatic carbocycles. The summed E-state index contributed by atoms with van der Waals surface area (Å²) in [5, 5.41) is 0. The minimum absolute atomic E-state index is 0.0742. The van der Waals surface area contributed by atoms with Gasteiger partial charge in [-0.2, -0.15) is 0 Å². The van der Waals surface area contributed by atoms with E-state index in [-0.39, 0.29) is 42.3 Å². The first kappa shape index (κ1) is 33.8. The lowest BCUT2D eigenvalue weighted by Gasteiger charge is -2.46. The third-order valence-electron chi connectivity index (χ3n) is 9.07. The molecule has 0 bridgehead atoms. The molecule has 1 aromatic carbocycles. The van der Waals surface area contributed by atoms with Gasteiger partial charge in [0.1, 0.15) is 17.2 Å². The molecule has 11 heteroatoms. The Hall–Kier alpha value is -3.60. The minimum atomic E-state index is -0.653. The van der Waals surface area contributed by atoms with Crippen molar-refractivity contribution in [3.8, 4) is 0 Å². The van der Waals surface area contributed by atoms with Crippen molar-refractivity contribution in [3.05, 3.63) is 58.9 Å². The van der Waals surface area contributed by atoms with Gasteiger partial charge in [-0.3, -0.25) is 19.5 Å². The fraction of sp³-hybridized carbons (Fsp3) is 0.600. The lowest BCUT2D eigenvalue weighted by atomic mass is 9.91. The van der Waals surface area contributed by atoms with E-state index in [0.717, 1.165) is 11.8 Å². The van der Waals surface area contributed by atoms with Crippen LogP contribution < -0.4 is 4.90 Å². The van der Waals surface area contributed by atoms with Crippen molar-refractivity contribution in [2.24, 2.45) is 5.41 Å². The molecule has 3 amide bonds. The molecular formula is C35H47F2N5O4. The van der Waals surface area contributed by atoms with Crippen molar-refractivity contribution in [3.63, 3.8) is 0 Å². The van der Waals surface area contributed by atoms with Crippen LogP contribution in [0.3, 0.4) is 0 Å². The third-order valence-corrected chi connectivity index (χ3v) is 9.07. The van der Waals surface area contributed by atoms with Crippen molar-refractivity contribution in [1.82, 2.24) is 19.7 Å². The number of carbonyl (C=O) groups excluding carboxylic acids is 3. The lowest BCUT2D eigenvalue weighted by Crippen LogP contribution is -2.63. The second-order valence-electron chi connectivity index (χ2n) is 15.7. The number of amides is 3. The number of hydrogen-bond donors (Lipinski definition) is 0. The molecule has 0 radical (unpaired) electrons. The monoisotopic (exact) mass is 639 g/mol. The highest BCUT2D eigenvalue weighted by Crippen LogP contribution is 2.40. The topological polar surface area (TPSA) is 86.3 Å². The Bertz CT molecular complexity index is 1520.